The molecule has 3 aromatic rings. The van der Waals surface area contributed by atoms with Gasteiger partial charge in [-0.15, -0.1) is 0 Å². The number of aromatic nitrogens is 2. The van der Waals surface area contributed by atoms with Crippen LogP contribution in [0.15, 0.2) is 48.5 Å². The van der Waals surface area contributed by atoms with Gasteiger partial charge < -0.3 is 14.5 Å². The van der Waals surface area contributed by atoms with Crippen molar-refractivity contribution >= 4 is 11.6 Å². The first-order valence-electron chi connectivity index (χ1n) is 11.5. The zero-order valence-electron chi connectivity index (χ0n) is 18.9. The number of rotatable bonds is 5. The number of amides is 1. The molecule has 1 amide bonds. The van der Waals surface area contributed by atoms with E-state index in [1.54, 1.807) is 4.90 Å². The van der Waals surface area contributed by atoms with Crippen molar-refractivity contribution in [2.45, 2.75) is 32.7 Å². The lowest BCUT2D eigenvalue weighted by Gasteiger charge is -2.29. The number of aryl methyl sites for hydroxylation is 1. The van der Waals surface area contributed by atoms with Crippen LogP contribution in [0.5, 0.6) is 0 Å². The molecular weight excluding hydrogens is 400 g/mol. The van der Waals surface area contributed by atoms with Gasteiger partial charge in [0.25, 0.3) is 5.91 Å². The Bertz CT molecular complexity index is 1110. The number of hydrogen-bond acceptors (Lipinski definition) is 4. The van der Waals surface area contributed by atoms with Gasteiger partial charge in [-0.3, -0.25) is 4.79 Å². The zero-order chi connectivity index (χ0) is 22.1. The van der Waals surface area contributed by atoms with Crippen LogP contribution in [-0.4, -0.2) is 53.9 Å². The molecule has 0 atom stereocenters. The lowest BCUT2D eigenvalue weighted by molar-refractivity contribution is 0.0777. The van der Waals surface area contributed by atoms with E-state index in [0.29, 0.717) is 12.2 Å². The second-order valence-electron chi connectivity index (χ2n) is 8.75. The van der Waals surface area contributed by atoms with Crippen molar-refractivity contribution in [1.82, 2.24) is 14.7 Å². The minimum Gasteiger partial charge on any atom is -0.378 e. The molecule has 0 spiro atoms. The van der Waals surface area contributed by atoms with E-state index in [2.05, 4.69) is 48.2 Å². The van der Waals surface area contributed by atoms with E-state index in [0.717, 1.165) is 67.9 Å². The molecule has 1 fully saturated rings. The molecule has 6 heteroatoms. The second-order valence-corrected chi connectivity index (χ2v) is 8.75. The van der Waals surface area contributed by atoms with Gasteiger partial charge >= 0.3 is 0 Å². The maximum Gasteiger partial charge on any atom is 0.274 e. The highest BCUT2D eigenvalue weighted by molar-refractivity contribution is 5.94. The predicted molar refractivity (Wildman–Crippen MR) is 126 cm³/mol. The molecule has 1 aliphatic heterocycles. The minimum absolute atomic E-state index is 0.00672. The van der Waals surface area contributed by atoms with Gasteiger partial charge in [0.1, 0.15) is 0 Å². The predicted octanol–water partition coefficient (Wildman–Crippen LogP) is 3.78. The van der Waals surface area contributed by atoms with Crippen LogP contribution < -0.4 is 4.90 Å². The number of ether oxygens (including phenoxy) is 1. The Kier molecular flexibility index (Phi) is 5.70. The number of carbonyl (C=O) groups excluding carboxylic acids is 1. The molecule has 1 aromatic heterocycles. The fourth-order valence-corrected chi connectivity index (χ4v) is 4.77. The van der Waals surface area contributed by atoms with E-state index in [1.165, 1.54) is 11.4 Å². The molecule has 2 aromatic carbocycles. The lowest BCUT2D eigenvalue weighted by Crippen LogP contribution is -2.36. The van der Waals surface area contributed by atoms with Gasteiger partial charge in [0, 0.05) is 43.6 Å². The molecule has 0 bridgehead atoms. The van der Waals surface area contributed by atoms with Crippen LogP contribution in [0, 0.1) is 6.92 Å². The van der Waals surface area contributed by atoms with Crippen molar-refractivity contribution in [3.05, 3.63) is 76.6 Å². The van der Waals surface area contributed by atoms with Gasteiger partial charge in [-0.25, -0.2) is 4.68 Å². The molecule has 0 N–H and O–H groups in total. The SMILES string of the molecule is Cc1ccccc1-n1nc(C(=O)N(C)Cc2ccc(N3CCOCC3)cc2)c2c1CCC2. The number of anilines is 1. The second kappa shape index (κ2) is 8.79. The minimum atomic E-state index is -0.00672. The maximum atomic E-state index is 13.4. The van der Waals surface area contributed by atoms with Gasteiger partial charge in [-0.2, -0.15) is 5.10 Å². The molecule has 0 saturated carbocycles. The standard InChI is InChI=1S/C26H30N4O2/c1-19-6-3-4-8-23(19)30-24-9-5-7-22(24)25(27-30)26(31)28(2)18-20-10-12-21(13-11-20)29-14-16-32-17-15-29/h3-4,6,8,10-13H,5,7,9,14-18H2,1-2H3. The van der Waals surface area contributed by atoms with E-state index in [9.17, 15) is 4.79 Å². The van der Waals surface area contributed by atoms with E-state index in [4.69, 9.17) is 9.84 Å². The van der Waals surface area contributed by atoms with E-state index >= 15 is 0 Å². The molecule has 0 unspecified atom stereocenters. The van der Waals surface area contributed by atoms with E-state index in [1.807, 2.05) is 23.9 Å². The smallest absolute Gasteiger partial charge is 0.274 e. The Morgan fingerprint density at radius 2 is 1.81 bits per heavy atom. The van der Waals surface area contributed by atoms with Crippen molar-refractivity contribution in [1.29, 1.82) is 0 Å². The Balaban J connectivity index is 1.34. The van der Waals surface area contributed by atoms with Gasteiger partial charge in [0.05, 0.1) is 18.9 Å². The fraction of sp³-hybridized carbons (Fsp3) is 0.385. The molecule has 32 heavy (non-hydrogen) atoms. The summed E-state index contributed by atoms with van der Waals surface area (Å²) in [6.07, 6.45) is 2.97. The molecule has 1 saturated heterocycles. The summed E-state index contributed by atoms with van der Waals surface area (Å²) in [5, 5.41) is 4.81. The van der Waals surface area contributed by atoms with Crippen molar-refractivity contribution < 1.29 is 9.53 Å². The summed E-state index contributed by atoms with van der Waals surface area (Å²) in [6.45, 7) is 6.05. The largest absolute Gasteiger partial charge is 0.378 e. The number of fused-ring (bicyclic) bond motifs is 1. The number of hydrogen-bond donors (Lipinski definition) is 0. The highest BCUT2D eigenvalue weighted by Crippen LogP contribution is 2.29. The summed E-state index contributed by atoms with van der Waals surface area (Å²) in [4.78, 5) is 17.5. The molecule has 2 heterocycles. The maximum absolute atomic E-state index is 13.4. The third-order valence-electron chi connectivity index (χ3n) is 6.56. The first-order valence-corrected chi connectivity index (χ1v) is 11.5. The van der Waals surface area contributed by atoms with Crippen LogP contribution in [0.4, 0.5) is 5.69 Å². The molecule has 1 aliphatic carbocycles. The average Bonchev–Trinajstić information content (AvgIpc) is 3.43. The Labute approximate surface area is 189 Å². The monoisotopic (exact) mass is 430 g/mol. The first kappa shape index (κ1) is 20.8. The summed E-state index contributed by atoms with van der Waals surface area (Å²) in [7, 11) is 1.87. The Hall–Kier alpha value is -3.12. The topological polar surface area (TPSA) is 50.6 Å². The highest BCUT2D eigenvalue weighted by atomic mass is 16.5. The molecule has 6 nitrogen and oxygen atoms in total. The third kappa shape index (κ3) is 3.91. The van der Waals surface area contributed by atoms with E-state index < -0.39 is 0 Å². The first-order chi connectivity index (χ1) is 15.6. The average molecular weight is 431 g/mol. The Morgan fingerprint density at radius 3 is 2.56 bits per heavy atom. The normalized spacial score (nSPS) is 15.6. The van der Waals surface area contributed by atoms with Crippen LogP contribution in [-0.2, 0) is 24.1 Å². The summed E-state index contributed by atoms with van der Waals surface area (Å²) >= 11 is 0. The van der Waals surface area contributed by atoms with Gasteiger partial charge in [0.2, 0.25) is 0 Å². The van der Waals surface area contributed by atoms with E-state index in [-0.39, 0.29) is 5.91 Å². The number of para-hydroxylation sites is 1. The molecule has 0 radical (unpaired) electrons. The van der Waals surface area contributed by atoms with Crippen molar-refractivity contribution in [3.63, 3.8) is 0 Å². The van der Waals surface area contributed by atoms with Crippen molar-refractivity contribution in [2.24, 2.45) is 0 Å². The zero-order valence-corrected chi connectivity index (χ0v) is 18.9. The van der Waals surface area contributed by atoms with Crippen LogP contribution in [0.2, 0.25) is 0 Å². The lowest BCUT2D eigenvalue weighted by atomic mass is 10.1. The van der Waals surface area contributed by atoms with Crippen LogP contribution in [0.25, 0.3) is 5.69 Å². The summed E-state index contributed by atoms with van der Waals surface area (Å²) in [6, 6.07) is 16.7. The number of nitrogens with zero attached hydrogens (tertiary/aromatic N) is 4. The Morgan fingerprint density at radius 1 is 1.06 bits per heavy atom. The third-order valence-corrected chi connectivity index (χ3v) is 6.56. The van der Waals surface area contributed by atoms with Gasteiger partial charge in [0.15, 0.2) is 5.69 Å². The van der Waals surface area contributed by atoms with Crippen LogP contribution >= 0.6 is 0 Å². The highest BCUT2D eigenvalue weighted by Gasteiger charge is 2.29. The van der Waals surface area contributed by atoms with Crippen LogP contribution in [0.3, 0.4) is 0 Å². The number of morpholine rings is 1. The van der Waals surface area contributed by atoms with Gasteiger partial charge in [-0.05, 0) is 55.5 Å². The number of benzene rings is 2. The summed E-state index contributed by atoms with van der Waals surface area (Å²) in [5.41, 5.74) is 7.46. The van der Waals surface area contributed by atoms with Crippen LogP contribution in [0.1, 0.15) is 39.3 Å². The summed E-state index contributed by atoms with van der Waals surface area (Å²) in [5.74, 6) is -0.00672. The fourth-order valence-electron chi connectivity index (χ4n) is 4.77. The quantitative estimate of drug-likeness (QED) is 0.618. The number of carbonyl (C=O) groups is 1. The summed E-state index contributed by atoms with van der Waals surface area (Å²) < 4.78 is 7.44. The van der Waals surface area contributed by atoms with Gasteiger partial charge in [-0.1, -0.05) is 30.3 Å². The molecular formula is C26H30N4O2. The van der Waals surface area contributed by atoms with Crippen molar-refractivity contribution in [2.75, 3.05) is 38.3 Å². The molecule has 5 rings (SSSR count). The molecule has 2 aliphatic rings. The van der Waals surface area contributed by atoms with Crippen molar-refractivity contribution in [3.8, 4) is 5.69 Å². The molecule has 166 valence electrons.